The highest BCUT2D eigenvalue weighted by Crippen LogP contribution is 2.32. The summed E-state index contributed by atoms with van der Waals surface area (Å²) in [5.41, 5.74) is 1.56. The van der Waals surface area contributed by atoms with Crippen LogP contribution in [-0.4, -0.2) is 49.1 Å². The number of rotatable bonds is 8. The van der Waals surface area contributed by atoms with Crippen LogP contribution in [0.3, 0.4) is 0 Å². The zero-order valence-electron chi connectivity index (χ0n) is 17.8. The van der Waals surface area contributed by atoms with Gasteiger partial charge in [0.15, 0.2) is 10.9 Å². The van der Waals surface area contributed by atoms with Crippen LogP contribution in [0.25, 0.3) is 21.2 Å². The third kappa shape index (κ3) is 4.84. The summed E-state index contributed by atoms with van der Waals surface area (Å²) in [6.07, 6.45) is 0. The number of carbonyl (C=O) groups is 1. The van der Waals surface area contributed by atoms with E-state index in [1.807, 2.05) is 42.5 Å². The average Bonchev–Trinajstić information content (AvgIpc) is 3.39. The number of aromatic nitrogens is 1. The van der Waals surface area contributed by atoms with Gasteiger partial charge in [0.2, 0.25) is 0 Å². The normalized spacial score (nSPS) is 11.1. The molecule has 0 saturated heterocycles. The maximum absolute atomic E-state index is 13.5. The summed E-state index contributed by atoms with van der Waals surface area (Å²) >= 11 is 1.49. The Balaban J connectivity index is 0.00000272. The van der Waals surface area contributed by atoms with Crippen LogP contribution in [0.1, 0.15) is 24.4 Å². The number of likely N-dealkylation sites (N-methyl/N-ethyl adjacent to an activating group) is 1. The standard InChI is InChI=1S/C23H25N3O3S.ClH/c1-4-25(5-2)12-13-26(22(27)20-14-16-8-6-7-9-19(16)29-20)23-24-18-11-10-17(28-3)15-21(18)30-23;/h6-11,14-15H,4-5,12-13H2,1-3H3;1H. The molecule has 8 heteroatoms. The molecule has 2 aromatic heterocycles. The Kier molecular flexibility index (Phi) is 7.54. The molecule has 2 heterocycles. The smallest absolute Gasteiger partial charge is 0.295 e. The molecule has 1 amide bonds. The van der Waals surface area contributed by atoms with E-state index in [-0.39, 0.29) is 18.3 Å². The fraction of sp³-hybridized carbons (Fsp3) is 0.304. The van der Waals surface area contributed by atoms with E-state index in [9.17, 15) is 4.79 Å². The zero-order chi connectivity index (χ0) is 21.1. The van der Waals surface area contributed by atoms with Crippen molar-refractivity contribution in [2.24, 2.45) is 0 Å². The molecule has 0 saturated carbocycles. The fourth-order valence-electron chi connectivity index (χ4n) is 3.42. The number of para-hydroxylation sites is 1. The lowest BCUT2D eigenvalue weighted by atomic mass is 10.2. The van der Waals surface area contributed by atoms with Gasteiger partial charge < -0.3 is 14.1 Å². The average molecular weight is 460 g/mol. The maximum Gasteiger partial charge on any atom is 0.295 e. The van der Waals surface area contributed by atoms with Gasteiger partial charge in [-0.3, -0.25) is 9.69 Å². The molecule has 0 unspecified atom stereocenters. The molecule has 6 nitrogen and oxygen atoms in total. The second-order valence-electron chi connectivity index (χ2n) is 6.96. The summed E-state index contributed by atoms with van der Waals surface area (Å²) < 4.78 is 12.2. The predicted molar refractivity (Wildman–Crippen MR) is 129 cm³/mol. The number of anilines is 1. The monoisotopic (exact) mass is 459 g/mol. The molecule has 0 aliphatic rings. The highest BCUT2D eigenvalue weighted by atomic mass is 35.5. The number of thiazole rings is 1. The lowest BCUT2D eigenvalue weighted by Gasteiger charge is -2.24. The molecule has 0 fully saturated rings. The number of fused-ring (bicyclic) bond motifs is 2. The van der Waals surface area contributed by atoms with Gasteiger partial charge in [-0.25, -0.2) is 4.98 Å². The van der Waals surface area contributed by atoms with Gasteiger partial charge in [0.25, 0.3) is 5.91 Å². The van der Waals surface area contributed by atoms with Crippen LogP contribution in [0.5, 0.6) is 5.75 Å². The summed E-state index contributed by atoms with van der Waals surface area (Å²) in [7, 11) is 1.64. The molecular formula is C23H26ClN3O3S. The second kappa shape index (κ2) is 10.1. The molecule has 0 atom stereocenters. The van der Waals surface area contributed by atoms with Gasteiger partial charge in [-0.1, -0.05) is 43.4 Å². The minimum Gasteiger partial charge on any atom is -0.497 e. The predicted octanol–water partition coefficient (Wildman–Crippen LogP) is 5.46. The van der Waals surface area contributed by atoms with Crippen molar-refractivity contribution in [3.8, 4) is 5.75 Å². The molecule has 0 spiro atoms. The molecular weight excluding hydrogens is 434 g/mol. The van der Waals surface area contributed by atoms with Crippen molar-refractivity contribution >= 4 is 56.0 Å². The van der Waals surface area contributed by atoms with Crippen LogP contribution < -0.4 is 9.64 Å². The van der Waals surface area contributed by atoms with E-state index in [1.54, 1.807) is 18.1 Å². The van der Waals surface area contributed by atoms with Crippen LogP contribution in [0.2, 0.25) is 0 Å². The van der Waals surface area contributed by atoms with E-state index in [2.05, 4.69) is 18.7 Å². The minimum atomic E-state index is -0.177. The SMILES string of the molecule is CCN(CC)CCN(C(=O)c1cc2ccccc2o1)c1nc2ccc(OC)cc2s1.Cl. The van der Waals surface area contributed by atoms with Gasteiger partial charge in [0.1, 0.15) is 11.3 Å². The van der Waals surface area contributed by atoms with Crippen LogP contribution in [0.4, 0.5) is 5.13 Å². The van der Waals surface area contributed by atoms with Gasteiger partial charge in [-0.05, 0) is 43.4 Å². The summed E-state index contributed by atoms with van der Waals surface area (Å²) in [6, 6.07) is 15.2. The number of carbonyl (C=O) groups excluding carboxylic acids is 1. The Labute approximate surface area is 191 Å². The molecule has 2 aromatic carbocycles. The number of ether oxygens (including phenoxy) is 1. The summed E-state index contributed by atoms with van der Waals surface area (Å²) in [6.45, 7) is 7.41. The third-order valence-electron chi connectivity index (χ3n) is 5.23. The van der Waals surface area contributed by atoms with Gasteiger partial charge in [-0.15, -0.1) is 12.4 Å². The highest BCUT2D eigenvalue weighted by Gasteiger charge is 2.25. The second-order valence-corrected chi connectivity index (χ2v) is 7.97. The van der Waals surface area contributed by atoms with E-state index in [0.717, 1.165) is 41.0 Å². The minimum absolute atomic E-state index is 0. The summed E-state index contributed by atoms with van der Waals surface area (Å²) in [4.78, 5) is 22.2. The van der Waals surface area contributed by atoms with Crippen molar-refractivity contribution in [2.75, 3.05) is 38.2 Å². The number of amides is 1. The Morgan fingerprint density at radius 3 is 2.58 bits per heavy atom. The van der Waals surface area contributed by atoms with E-state index in [4.69, 9.17) is 14.1 Å². The van der Waals surface area contributed by atoms with Gasteiger partial charge in [-0.2, -0.15) is 0 Å². The Hall–Kier alpha value is -2.61. The van der Waals surface area contributed by atoms with Crippen molar-refractivity contribution in [2.45, 2.75) is 13.8 Å². The maximum atomic E-state index is 13.5. The van der Waals surface area contributed by atoms with E-state index in [0.29, 0.717) is 23.0 Å². The topological polar surface area (TPSA) is 58.8 Å². The van der Waals surface area contributed by atoms with Gasteiger partial charge in [0.05, 0.1) is 17.3 Å². The molecule has 0 bridgehead atoms. The number of halogens is 1. The van der Waals surface area contributed by atoms with E-state index < -0.39 is 0 Å². The van der Waals surface area contributed by atoms with Crippen molar-refractivity contribution in [3.63, 3.8) is 0 Å². The molecule has 0 N–H and O–H groups in total. The number of hydrogen-bond acceptors (Lipinski definition) is 6. The number of furan rings is 1. The van der Waals surface area contributed by atoms with Gasteiger partial charge >= 0.3 is 0 Å². The number of methoxy groups -OCH3 is 1. The molecule has 31 heavy (non-hydrogen) atoms. The molecule has 0 aliphatic heterocycles. The fourth-order valence-corrected chi connectivity index (χ4v) is 4.44. The lowest BCUT2D eigenvalue weighted by molar-refractivity contribution is 0.0959. The number of hydrogen-bond donors (Lipinski definition) is 0. The number of nitrogens with zero attached hydrogens (tertiary/aromatic N) is 3. The Morgan fingerprint density at radius 1 is 1.10 bits per heavy atom. The van der Waals surface area contributed by atoms with Crippen molar-refractivity contribution in [1.82, 2.24) is 9.88 Å². The first-order valence-corrected chi connectivity index (χ1v) is 10.9. The van der Waals surface area contributed by atoms with Crippen molar-refractivity contribution in [1.29, 1.82) is 0 Å². The van der Waals surface area contributed by atoms with Crippen LogP contribution in [0.15, 0.2) is 52.9 Å². The Bertz CT molecular complexity index is 1140. The van der Waals surface area contributed by atoms with Crippen LogP contribution in [-0.2, 0) is 0 Å². The molecule has 0 aliphatic carbocycles. The van der Waals surface area contributed by atoms with Crippen molar-refractivity contribution < 1.29 is 13.9 Å². The molecule has 4 aromatic rings. The van der Waals surface area contributed by atoms with E-state index in [1.165, 1.54) is 11.3 Å². The summed E-state index contributed by atoms with van der Waals surface area (Å²) in [5, 5.41) is 1.58. The Morgan fingerprint density at radius 2 is 1.87 bits per heavy atom. The quantitative estimate of drug-likeness (QED) is 0.350. The first-order chi connectivity index (χ1) is 14.6. The molecule has 0 radical (unpaired) electrons. The van der Waals surface area contributed by atoms with Crippen LogP contribution in [0, 0.1) is 0 Å². The largest absolute Gasteiger partial charge is 0.497 e. The first-order valence-electron chi connectivity index (χ1n) is 10.1. The van der Waals surface area contributed by atoms with Gasteiger partial charge in [0, 0.05) is 18.5 Å². The van der Waals surface area contributed by atoms with E-state index >= 15 is 0 Å². The zero-order valence-corrected chi connectivity index (χ0v) is 19.5. The lowest BCUT2D eigenvalue weighted by Crippen LogP contribution is -2.38. The first kappa shape index (κ1) is 23.1. The summed E-state index contributed by atoms with van der Waals surface area (Å²) in [5.74, 6) is 0.924. The number of benzene rings is 2. The van der Waals surface area contributed by atoms with Crippen LogP contribution >= 0.6 is 23.7 Å². The molecule has 164 valence electrons. The third-order valence-corrected chi connectivity index (χ3v) is 6.27. The highest BCUT2D eigenvalue weighted by molar-refractivity contribution is 7.22. The molecule has 4 rings (SSSR count). The van der Waals surface area contributed by atoms with Crippen molar-refractivity contribution in [3.05, 3.63) is 54.3 Å².